The number of aliphatic hydroxyl groups excluding tert-OH is 1. The van der Waals surface area contributed by atoms with Crippen molar-refractivity contribution in [3.8, 4) is 0 Å². The number of hydrogen-bond donors (Lipinski definition) is 2. The van der Waals surface area contributed by atoms with Crippen molar-refractivity contribution in [3.63, 3.8) is 0 Å². The molecule has 0 aromatic carbocycles. The third kappa shape index (κ3) is 2.81. The average molecular weight is 264 g/mol. The normalized spacial score (nSPS) is 20.1. The minimum absolute atomic E-state index is 0.118. The van der Waals surface area contributed by atoms with Gasteiger partial charge in [0.1, 0.15) is 17.5 Å². The van der Waals surface area contributed by atoms with Gasteiger partial charge >= 0.3 is 0 Å². The summed E-state index contributed by atoms with van der Waals surface area (Å²) in [5, 5.41) is 9.25. The summed E-state index contributed by atoms with van der Waals surface area (Å²) >= 11 is 0. The first-order valence-corrected chi connectivity index (χ1v) is 6.83. The van der Waals surface area contributed by atoms with E-state index in [1.165, 1.54) is 0 Å². The molecule has 0 bridgehead atoms. The smallest absolute Gasteiger partial charge is 0.138 e. The van der Waals surface area contributed by atoms with Crippen molar-refractivity contribution in [2.24, 2.45) is 5.92 Å². The topological polar surface area (TPSA) is 75.3 Å². The number of aromatic nitrogens is 2. The first kappa shape index (κ1) is 14.1. The molecular formula is C14H24N4O. The zero-order chi connectivity index (χ0) is 14.2. The van der Waals surface area contributed by atoms with Crippen molar-refractivity contribution >= 4 is 11.6 Å². The van der Waals surface area contributed by atoms with E-state index in [4.69, 9.17) is 10.7 Å². The lowest BCUT2D eigenvalue weighted by molar-refractivity contribution is 0.238. The van der Waals surface area contributed by atoms with Crippen LogP contribution < -0.4 is 10.6 Å². The van der Waals surface area contributed by atoms with Crippen LogP contribution >= 0.6 is 0 Å². The molecule has 0 spiro atoms. The number of nitrogens with zero attached hydrogens (tertiary/aromatic N) is 3. The highest BCUT2D eigenvalue weighted by molar-refractivity contribution is 5.57. The van der Waals surface area contributed by atoms with Crippen molar-refractivity contribution in [1.82, 2.24) is 9.97 Å². The van der Waals surface area contributed by atoms with Gasteiger partial charge < -0.3 is 15.7 Å². The lowest BCUT2D eigenvalue weighted by atomic mass is 9.95. The number of anilines is 2. The van der Waals surface area contributed by atoms with Crippen molar-refractivity contribution in [1.29, 1.82) is 0 Å². The number of aliphatic hydroxyl groups is 1. The fourth-order valence-corrected chi connectivity index (χ4v) is 2.34. The van der Waals surface area contributed by atoms with Crippen LogP contribution in [0.5, 0.6) is 0 Å². The van der Waals surface area contributed by atoms with Crippen molar-refractivity contribution in [2.75, 3.05) is 30.3 Å². The van der Waals surface area contributed by atoms with Gasteiger partial charge in [-0.2, -0.15) is 0 Å². The molecule has 0 radical (unpaired) electrons. The predicted octanol–water partition coefficient (Wildman–Crippen LogP) is 1.48. The van der Waals surface area contributed by atoms with Crippen LogP contribution in [0.2, 0.25) is 0 Å². The maximum absolute atomic E-state index is 9.25. The van der Waals surface area contributed by atoms with Gasteiger partial charge in [-0.05, 0) is 13.3 Å². The van der Waals surface area contributed by atoms with E-state index in [1.54, 1.807) is 0 Å². The van der Waals surface area contributed by atoms with Crippen molar-refractivity contribution in [3.05, 3.63) is 11.4 Å². The Morgan fingerprint density at radius 1 is 1.37 bits per heavy atom. The minimum atomic E-state index is -0.118. The second-order valence-electron chi connectivity index (χ2n) is 6.41. The number of nitrogens with two attached hydrogens (primary N) is 1. The molecule has 1 aliphatic heterocycles. The summed E-state index contributed by atoms with van der Waals surface area (Å²) < 4.78 is 0. The van der Waals surface area contributed by atoms with Gasteiger partial charge in [-0.1, -0.05) is 20.8 Å². The van der Waals surface area contributed by atoms with Gasteiger partial charge in [0.05, 0.1) is 0 Å². The van der Waals surface area contributed by atoms with Crippen LogP contribution in [0.3, 0.4) is 0 Å². The molecule has 1 aliphatic rings. The van der Waals surface area contributed by atoms with Crippen molar-refractivity contribution in [2.45, 2.75) is 39.5 Å². The molecule has 106 valence electrons. The van der Waals surface area contributed by atoms with Crippen LogP contribution in [0.1, 0.15) is 38.6 Å². The molecule has 5 heteroatoms. The lowest BCUT2D eigenvalue weighted by Crippen LogP contribution is -2.26. The number of nitrogen functional groups attached to an aromatic ring is 1. The Labute approximate surface area is 114 Å². The van der Waals surface area contributed by atoms with E-state index in [2.05, 4.69) is 30.7 Å². The highest BCUT2D eigenvalue weighted by atomic mass is 16.3. The Morgan fingerprint density at radius 2 is 2.05 bits per heavy atom. The van der Waals surface area contributed by atoms with Gasteiger partial charge in [0.25, 0.3) is 0 Å². The van der Waals surface area contributed by atoms with E-state index >= 15 is 0 Å². The first-order chi connectivity index (χ1) is 8.82. The highest BCUT2D eigenvalue weighted by Crippen LogP contribution is 2.30. The number of rotatable bonds is 2. The molecule has 1 unspecified atom stereocenters. The molecule has 1 aromatic heterocycles. The van der Waals surface area contributed by atoms with Crippen LogP contribution in [0.25, 0.3) is 0 Å². The minimum Gasteiger partial charge on any atom is -0.396 e. The van der Waals surface area contributed by atoms with E-state index in [0.29, 0.717) is 11.7 Å². The van der Waals surface area contributed by atoms with E-state index in [1.807, 2.05) is 6.92 Å². The monoisotopic (exact) mass is 264 g/mol. The third-order valence-corrected chi connectivity index (χ3v) is 3.67. The summed E-state index contributed by atoms with van der Waals surface area (Å²) in [4.78, 5) is 11.3. The zero-order valence-electron chi connectivity index (χ0n) is 12.3. The molecule has 1 atom stereocenters. The Bertz CT molecular complexity index is 467. The van der Waals surface area contributed by atoms with Crippen molar-refractivity contribution < 1.29 is 5.11 Å². The maximum Gasteiger partial charge on any atom is 0.138 e. The molecule has 1 saturated heterocycles. The largest absolute Gasteiger partial charge is 0.396 e. The molecule has 2 rings (SSSR count). The average Bonchev–Trinajstić information content (AvgIpc) is 2.79. The molecular weight excluding hydrogens is 240 g/mol. The standard InChI is InChI=1S/C14H24N4O/c1-9-11(15)16-13(14(2,3)4)17-12(9)18-6-5-10(7-18)8-19/h10,19H,5-8H2,1-4H3,(H2,15,16,17). The summed E-state index contributed by atoms with van der Waals surface area (Å²) in [6.45, 7) is 10.2. The molecule has 19 heavy (non-hydrogen) atoms. The molecule has 5 nitrogen and oxygen atoms in total. The number of hydrogen-bond acceptors (Lipinski definition) is 5. The van der Waals surface area contributed by atoms with Gasteiger partial charge in [-0.25, -0.2) is 9.97 Å². The fourth-order valence-electron chi connectivity index (χ4n) is 2.34. The second kappa shape index (κ2) is 4.96. The quantitative estimate of drug-likeness (QED) is 0.846. The van der Waals surface area contributed by atoms with Gasteiger partial charge in [-0.15, -0.1) is 0 Å². The van der Waals surface area contributed by atoms with Crippen LogP contribution in [0.15, 0.2) is 0 Å². The van der Waals surface area contributed by atoms with Crippen LogP contribution in [0.4, 0.5) is 11.6 Å². The highest BCUT2D eigenvalue weighted by Gasteiger charge is 2.27. The second-order valence-corrected chi connectivity index (χ2v) is 6.41. The molecule has 0 aliphatic carbocycles. The Hall–Kier alpha value is -1.36. The fraction of sp³-hybridized carbons (Fsp3) is 0.714. The molecule has 2 heterocycles. The summed E-state index contributed by atoms with van der Waals surface area (Å²) in [6.07, 6.45) is 1.00. The molecule has 0 amide bonds. The van der Waals surface area contributed by atoms with Gasteiger partial charge in [-0.3, -0.25) is 0 Å². The first-order valence-electron chi connectivity index (χ1n) is 6.83. The van der Waals surface area contributed by atoms with Crippen LogP contribution in [-0.4, -0.2) is 34.8 Å². The van der Waals surface area contributed by atoms with Gasteiger partial charge in [0, 0.05) is 36.6 Å². The zero-order valence-corrected chi connectivity index (χ0v) is 12.3. The molecule has 3 N–H and O–H groups in total. The van der Waals surface area contributed by atoms with E-state index in [9.17, 15) is 5.11 Å². The lowest BCUT2D eigenvalue weighted by Gasteiger charge is -2.24. The summed E-state index contributed by atoms with van der Waals surface area (Å²) in [5.74, 6) is 2.60. The van der Waals surface area contributed by atoms with E-state index in [0.717, 1.165) is 36.7 Å². The van der Waals surface area contributed by atoms with Crippen LogP contribution in [-0.2, 0) is 5.41 Å². The maximum atomic E-state index is 9.25. The summed E-state index contributed by atoms with van der Waals surface area (Å²) in [7, 11) is 0. The molecule has 1 aromatic rings. The Morgan fingerprint density at radius 3 is 2.58 bits per heavy atom. The summed E-state index contributed by atoms with van der Waals surface area (Å²) in [5.41, 5.74) is 6.84. The van der Waals surface area contributed by atoms with Gasteiger partial charge in [0.2, 0.25) is 0 Å². The van der Waals surface area contributed by atoms with Gasteiger partial charge in [0.15, 0.2) is 0 Å². The van der Waals surface area contributed by atoms with E-state index < -0.39 is 0 Å². The SMILES string of the molecule is Cc1c(N)nc(C(C)(C)C)nc1N1CCC(CO)C1. The van der Waals surface area contributed by atoms with Crippen LogP contribution in [0, 0.1) is 12.8 Å². The molecule has 0 saturated carbocycles. The predicted molar refractivity (Wildman–Crippen MR) is 77.3 cm³/mol. The Kier molecular flexibility index (Phi) is 3.67. The Balaban J connectivity index is 2.37. The molecule has 1 fully saturated rings. The summed E-state index contributed by atoms with van der Waals surface area (Å²) in [6, 6.07) is 0. The third-order valence-electron chi connectivity index (χ3n) is 3.67. The van der Waals surface area contributed by atoms with E-state index in [-0.39, 0.29) is 12.0 Å².